The molecule has 30 heavy (non-hydrogen) atoms. The van der Waals surface area contributed by atoms with Crippen LogP contribution in [0.4, 0.5) is 0 Å². The van der Waals surface area contributed by atoms with Crippen molar-refractivity contribution in [2.45, 2.75) is 6.92 Å². The third kappa shape index (κ3) is 6.02. The summed E-state index contributed by atoms with van der Waals surface area (Å²) in [5, 5.41) is 3.94. The molecule has 1 amide bonds. The number of para-hydroxylation sites is 1. The number of carbonyl (C=O) groups is 2. The van der Waals surface area contributed by atoms with Gasteiger partial charge in [0.15, 0.2) is 6.61 Å². The first-order valence-corrected chi connectivity index (χ1v) is 9.89. The van der Waals surface area contributed by atoms with E-state index in [1.54, 1.807) is 48.5 Å². The van der Waals surface area contributed by atoms with Crippen LogP contribution in [0.25, 0.3) is 0 Å². The highest BCUT2D eigenvalue weighted by Crippen LogP contribution is 2.23. The molecule has 152 valence electrons. The first-order chi connectivity index (χ1) is 14.5. The van der Waals surface area contributed by atoms with E-state index < -0.39 is 11.9 Å². The third-order valence-corrected chi connectivity index (χ3v) is 4.52. The van der Waals surface area contributed by atoms with Gasteiger partial charge >= 0.3 is 5.97 Å². The smallest absolute Gasteiger partial charge is 0.343 e. The largest absolute Gasteiger partial charge is 0.483 e. The second kappa shape index (κ2) is 10.4. The van der Waals surface area contributed by atoms with Crippen LogP contribution in [-0.2, 0) is 4.79 Å². The highest BCUT2D eigenvalue weighted by atomic mass is 79.9. The number of halogens is 1. The van der Waals surface area contributed by atoms with Crippen LogP contribution < -0.4 is 14.9 Å². The quantitative estimate of drug-likeness (QED) is 0.240. The van der Waals surface area contributed by atoms with E-state index in [1.807, 2.05) is 31.2 Å². The van der Waals surface area contributed by atoms with E-state index in [0.717, 1.165) is 10.0 Å². The molecular formula is C23H19BrN2O4. The minimum absolute atomic E-state index is 0.170. The van der Waals surface area contributed by atoms with Crippen LogP contribution in [0.3, 0.4) is 0 Å². The van der Waals surface area contributed by atoms with Crippen molar-refractivity contribution in [3.63, 3.8) is 0 Å². The zero-order valence-electron chi connectivity index (χ0n) is 16.2. The fraction of sp³-hybridized carbons (Fsp3) is 0.0870. The van der Waals surface area contributed by atoms with Gasteiger partial charge in [-0.1, -0.05) is 52.3 Å². The lowest BCUT2D eigenvalue weighted by atomic mass is 10.2. The predicted octanol–water partition coefficient (Wildman–Crippen LogP) is 4.51. The lowest BCUT2D eigenvalue weighted by molar-refractivity contribution is -0.123. The van der Waals surface area contributed by atoms with Crippen LogP contribution in [-0.4, -0.2) is 24.7 Å². The summed E-state index contributed by atoms with van der Waals surface area (Å²) in [6, 6.07) is 21.2. The Kier molecular flexibility index (Phi) is 7.34. The molecule has 0 saturated carbocycles. The van der Waals surface area contributed by atoms with E-state index in [1.165, 1.54) is 6.21 Å². The van der Waals surface area contributed by atoms with Crippen molar-refractivity contribution in [2.75, 3.05) is 6.61 Å². The number of rotatable bonds is 7. The summed E-state index contributed by atoms with van der Waals surface area (Å²) in [6.45, 7) is 1.73. The Morgan fingerprint density at radius 2 is 1.73 bits per heavy atom. The number of carbonyl (C=O) groups excluding carboxylic acids is 2. The first-order valence-electron chi connectivity index (χ1n) is 9.10. The van der Waals surface area contributed by atoms with Crippen molar-refractivity contribution in [3.05, 3.63) is 94.0 Å². The number of nitrogens with one attached hydrogen (secondary N) is 1. The van der Waals surface area contributed by atoms with Crippen molar-refractivity contribution in [1.82, 2.24) is 5.43 Å². The number of hydrazone groups is 1. The maximum Gasteiger partial charge on any atom is 0.343 e. The van der Waals surface area contributed by atoms with Crippen LogP contribution in [0.15, 0.2) is 82.4 Å². The third-order valence-electron chi connectivity index (χ3n) is 4.03. The summed E-state index contributed by atoms with van der Waals surface area (Å²) in [4.78, 5) is 24.3. The second-order valence-corrected chi connectivity index (χ2v) is 7.20. The minimum Gasteiger partial charge on any atom is -0.483 e. The fourth-order valence-corrected chi connectivity index (χ4v) is 2.89. The zero-order valence-corrected chi connectivity index (χ0v) is 17.8. The van der Waals surface area contributed by atoms with Gasteiger partial charge in [-0.15, -0.1) is 0 Å². The molecule has 0 aliphatic rings. The van der Waals surface area contributed by atoms with Crippen molar-refractivity contribution < 1.29 is 19.1 Å². The molecule has 0 aromatic heterocycles. The molecule has 0 heterocycles. The number of nitrogens with zero attached hydrogens (tertiary/aromatic N) is 1. The second-order valence-electron chi connectivity index (χ2n) is 6.29. The van der Waals surface area contributed by atoms with E-state index in [9.17, 15) is 9.59 Å². The Hall–Kier alpha value is -3.45. The van der Waals surface area contributed by atoms with Gasteiger partial charge in [0, 0.05) is 10.0 Å². The van der Waals surface area contributed by atoms with Gasteiger partial charge in [-0.3, -0.25) is 4.79 Å². The molecule has 0 aliphatic carbocycles. The zero-order chi connectivity index (χ0) is 21.3. The van der Waals surface area contributed by atoms with Gasteiger partial charge in [0.1, 0.15) is 11.5 Å². The molecule has 1 N–H and O–H groups in total. The van der Waals surface area contributed by atoms with Crippen LogP contribution in [0.1, 0.15) is 21.5 Å². The number of hydrogen-bond acceptors (Lipinski definition) is 5. The van der Waals surface area contributed by atoms with Crippen LogP contribution in [0.2, 0.25) is 0 Å². The summed E-state index contributed by atoms with van der Waals surface area (Å²) in [6.07, 6.45) is 1.41. The predicted molar refractivity (Wildman–Crippen MR) is 118 cm³/mol. The maximum absolute atomic E-state index is 12.3. The molecule has 3 rings (SSSR count). The molecule has 0 bridgehead atoms. The van der Waals surface area contributed by atoms with E-state index in [4.69, 9.17) is 9.47 Å². The Morgan fingerprint density at radius 1 is 1.00 bits per heavy atom. The van der Waals surface area contributed by atoms with Crippen LogP contribution in [0, 0.1) is 6.92 Å². The molecule has 7 heteroatoms. The van der Waals surface area contributed by atoms with Gasteiger partial charge < -0.3 is 9.47 Å². The van der Waals surface area contributed by atoms with Gasteiger partial charge in [0.2, 0.25) is 0 Å². The highest BCUT2D eigenvalue weighted by molar-refractivity contribution is 9.10. The van der Waals surface area contributed by atoms with Crippen LogP contribution >= 0.6 is 15.9 Å². The van der Waals surface area contributed by atoms with Crippen molar-refractivity contribution >= 4 is 34.0 Å². The molecule has 6 nitrogen and oxygen atoms in total. The van der Waals surface area contributed by atoms with Gasteiger partial charge in [-0.2, -0.15) is 5.10 Å². The standard InChI is InChI=1S/C23H19BrN2O4/c1-16-7-5-6-10-20(16)29-15-22(27)26-25-14-18-13-19(24)11-12-21(18)30-23(28)17-8-3-2-4-9-17/h2-14H,15H2,1H3,(H,26,27). The van der Waals surface area contributed by atoms with Crippen molar-refractivity contribution in [1.29, 1.82) is 0 Å². The lowest BCUT2D eigenvalue weighted by Crippen LogP contribution is -2.24. The summed E-state index contributed by atoms with van der Waals surface area (Å²) < 4.78 is 11.7. The Balaban J connectivity index is 1.62. The summed E-state index contributed by atoms with van der Waals surface area (Å²) in [5.41, 5.74) is 4.30. The van der Waals surface area contributed by atoms with Crippen molar-refractivity contribution in [2.24, 2.45) is 5.10 Å². The first kappa shape index (κ1) is 21.3. The maximum atomic E-state index is 12.3. The van der Waals surface area contributed by atoms with E-state index in [2.05, 4.69) is 26.5 Å². The average molecular weight is 467 g/mol. The monoisotopic (exact) mass is 466 g/mol. The molecule has 0 spiro atoms. The van der Waals surface area contributed by atoms with Gasteiger partial charge in [0.25, 0.3) is 5.91 Å². The van der Waals surface area contributed by atoms with Gasteiger partial charge in [-0.25, -0.2) is 10.2 Å². The number of hydrogen-bond donors (Lipinski definition) is 1. The Morgan fingerprint density at radius 3 is 2.50 bits per heavy atom. The number of ether oxygens (including phenoxy) is 2. The normalized spacial score (nSPS) is 10.6. The molecule has 0 unspecified atom stereocenters. The highest BCUT2D eigenvalue weighted by Gasteiger charge is 2.11. The SMILES string of the molecule is Cc1ccccc1OCC(=O)NN=Cc1cc(Br)ccc1OC(=O)c1ccccc1. The fourth-order valence-electron chi connectivity index (χ4n) is 2.51. The summed E-state index contributed by atoms with van der Waals surface area (Å²) in [5.74, 6) is 0.0653. The van der Waals surface area contributed by atoms with E-state index >= 15 is 0 Å². The average Bonchev–Trinajstić information content (AvgIpc) is 2.75. The minimum atomic E-state index is -0.483. The molecule has 0 saturated heterocycles. The molecule has 3 aromatic carbocycles. The number of amides is 1. The summed E-state index contributed by atoms with van der Waals surface area (Å²) in [7, 11) is 0. The van der Waals surface area contributed by atoms with E-state index in [0.29, 0.717) is 22.6 Å². The van der Waals surface area contributed by atoms with E-state index in [-0.39, 0.29) is 6.61 Å². The molecule has 3 aromatic rings. The van der Waals surface area contributed by atoms with Gasteiger partial charge in [-0.05, 0) is 48.9 Å². The Labute approximate surface area is 182 Å². The molecular weight excluding hydrogens is 448 g/mol. The molecule has 0 radical (unpaired) electrons. The number of aryl methyl sites for hydroxylation is 1. The number of esters is 1. The topological polar surface area (TPSA) is 77.0 Å². The Bertz CT molecular complexity index is 1070. The molecule has 0 fully saturated rings. The lowest BCUT2D eigenvalue weighted by Gasteiger charge is -2.09. The van der Waals surface area contributed by atoms with Gasteiger partial charge in [0.05, 0.1) is 11.8 Å². The molecule has 0 aliphatic heterocycles. The summed E-state index contributed by atoms with van der Waals surface area (Å²) >= 11 is 3.38. The molecule has 0 atom stereocenters. The van der Waals surface area contributed by atoms with Crippen molar-refractivity contribution in [3.8, 4) is 11.5 Å². The van der Waals surface area contributed by atoms with Crippen LogP contribution in [0.5, 0.6) is 11.5 Å². The number of benzene rings is 3.